The predicted octanol–water partition coefficient (Wildman–Crippen LogP) is 3.14. The zero-order valence-corrected chi connectivity index (χ0v) is 11.8. The molecule has 0 aliphatic heterocycles. The average molecular weight is 266 g/mol. The van der Waals surface area contributed by atoms with Gasteiger partial charge in [0.15, 0.2) is 0 Å². The number of anilines is 1. The van der Waals surface area contributed by atoms with E-state index in [4.69, 9.17) is 0 Å². The van der Waals surface area contributed by atoms with Gasteiger partial charge in [0, 0.05) is 42.6 Å². The highest BCUT2D eigenvalue weighted by atomic mass is 15.3. The van der Waals surface area contributed by atoms with E-state index >= 15 is 0 Å². The van der Waals surface area contributed by atoms with Gasteiger partial charge in [-0.2, -0.15) is 5.10 Å². The molecule has 0 aliphatic carbocycles. The number of nitrogens with zero attached hydrogens (tertiary/aromatic N) is 3. The fourth-order valence-electron chi connectivity index (χ4n) is 2.48. The number of hydrogen-bond acceptors (Lipinski definition) is 3. The van der Waals surface area contributed by atoms with Crippen LogP contribution in [0.4, 0.5) is 5.69 Å². The summed E-state index contributed by atoms with van der Waals surface area (Å²) in [5.41, 5.74) is 4.52. The summed E-state index contributed by atoms with van der Waals surface area (Å²) in [5.74, 6) is 0. The average Bonchev–Trinajstić information content (AvgIpc) is 2.85. The summed E-state index contributed by atoms with van der Waals surface area (Å²) in [4.78, 5) is 4.38. The Bertz CT molecular complexity index is 725. The summed E-state index contributed by atoms with van der Waals surface area (Å²) >= 11 is 0. The fraction of sp³-hybridized carbons (Fsp3) is 0.250. The lowest BCUT2D eigenvalue weighted by atomic mass is 10.1. The van der Waals surface area contributed by atoms with Crippen LogP contribution in [0.25, 0.3) is 10.9 Å². The minimum atomic E-state index is 0.783. The van der Waals surface area contributed by atoms with Gasteiger partial charge in [-0.05, 0) is 30.7 Å². The third-order valence-corrected chi connectivity index (χ3v) is 3.44. The van der Waals surface area contributed by atoms with Crippen LogP contribution in [-0.2, 0) is 20.0 Å². The first kappa shape index (κ1) is 12.7. The van der Waals surface area contributed by atoms with Gasteiger partial charge >= 0.3 is 0 Å². The van der Waals surface area contributed by atoms with Crippen LogP contribution in [0.1, 0.15) is 18.2 Å². The smallest absolute Gasteiger partial charge is 0.0722 e. The van der Waals surface area contributed by atoms with Crippen molar-refractivity contribution in [3.05, 3.63) is 54.0 Å². The van der Waals surface area contributed by atoms with Crippen LogP contribution in [-0.4, -0.2) is 14.8 Å². The number of hydrogen-bond donors (Lipinski definition) is 1. The van der Waals surface area contributed by atoms with Crippen LogP contribution in [0.3, 0.4) is 0 Å². The van der Waals surface area contributed by atoms with Crippen LogP contribution in [0.15, 0.2) is 42.7 Å². The van der Waals surface area contributed by atoms with Gasteiger partial charge in [0.2, 0.25) is 0 Å². The minimum absolute atomic E-state index is 0.783. The Morgan fingerprint density at radius 3 is 2.95 bits per heavy atom. The van der Waals surface area contributed by atoms with E-state index in [0.29, 0.717) is 0 Å². The van der Waals surface area contributed by atoms with Crippen LogP contribution < -0.4 is 5.32 Å². The van der Waals surface area contributed by atoms with Crippen LogP contribution in [0, 0.1) is 0 Å². The molecule has 0 fully saturated rings. The molecule has 3 rings (SSSR count). The number of rotatable bonds is 4. The summed E-state index contributed by atoms with van der Waals surface area (Å²) in [5, 5.41) is 9.12. The third kappa shape index (κ3) is 2.37. The van der Waals surface area contributed by atoms with Crippen molar-refractivity contribution in [2.45, 2.75) is 19.9 Å². The summed E-state index contributed by atoms with van der Waals surface area (Å²) < 4.78 is 1.88. The molecule has 2 heterocycles. The van der Waals surface area contributed by atoms with E-state index in [-0.39, 0.29) is 0 Å². The Hall–Kier alpha value is -2.36. The second kappa shape index (κ2) is 5.33. The topological polar surface area (TPSA) is 42.7 Å². The lowest BCUT2D eigenvalue weighted by Crippen LogP contribution is -2.01. The summed E-state index contributed by atoms with van der Waals surface area (Å²) in [6.07, 6.45) is 4.85. The first-order valence-electron chi connectivity index (χ1n) is 6.87. The highest BCUT2D eigenvalue weighted by molar-refractivity contribution is 5.91. The van der Waals surface area contributed by atoms with E-state index in [1.54, 1.807) is 0 Å². The molecule has 2 aromatic heterocycles. The molecule has 0 aliphatic rings. The first-order valence-corrected chi connectivity index (χ1v) is 6.87. The summed E-state index contributed by atoms with van der Waals surface area (Å²) in [6.45, 7) is 2.92. The predicted molar refractivity (Wildman–Crippen MR) is 81.7 cm³/mol. The molecule has 20 heavy (non-hydrogen) atoms. The van der Waals surface area contributed by atoms with E-state index in [1.165, 1.54) is 5.56 Å². The molecule has 0 saturated carbocycles. The van der Waals surface area contributed by atoms with Crippen molar-refractivity contribution in [3.63, 3.8) is 0 Å². The molecule has 1 aromatic carbocycles. The zero-order valence-electron chi connectivity index (χ0n) is 11.8. The molecule has 1 N–H and O–H groups in total. The van der Waals surface area contributed by atoms with E-state index in [0.717, 1.165) is 35.2 Å². The van der Waals surface area contributed by atoms with Gasteiger partial charge in [-0.1, -0.05) is 13.0 Å². The van der Waals surface area contributed by atoms with Crippen LogP contribution in [0.5, 0.6) is 0 Å². The summed E-state index contributed by atoms with van der Waals surface area (Å²) in [6, 6.07) is 10.2. The maximum absolute atomic E-state index is 4.47. The normalized spacial score (nSPS) is 10.9. The lowest BCUT2D eigenvalue weighted by Gasteiger charge is -2.09. The van der Waals surface area contributed by atoms with Crippen molar-refractivity contribution in [1.82, 2.24) is 14.8 Å². The lowest BCUT2D eigenvalue weighted by molar-refractivity contribution is 0.746. The van der Waals surface area contributed by atoms with Gasteiger partial charge in [0.25, 0.3) is 0 Å². The summed E-state index contributed by atoms with van der Waals surface area (Å²) in [7, 11) is 1.96. The maximum atomic E-state index is 4.47. The highest BCUT2D eigenvalue weighted by Gasteiger charge is 2.06. The van der Waals surface area contributed by atoms with Gasteiger partial charge in [-0.25, -0.2) is 0 Å². The molecule has 4 nitrogen and oxygen atoms in total. The molecule has 0 bridgehead atoms. The molecule has 102 valence electrons. The van der Waals surface area contributed by atoms with Crippen LogP contribution >= 0.6 is 0 Å². The number of aryl methyl sites for hydroxylation is 2. The second-order valence-electron chi connectivity index (χ2n) is 4.86. The van der Waals surface area contributed by atoms with Crippen molar-refractivity contribution in [3.8, 4) is 0 Å². The molecule has 0 saturated heterocycles. The van der Waals surface area contributed by atoms with Crippen molar-refractivity contribution in [2.24, 2.45) is 7.05 Å². The second-order valence-corrected chi connectivity index (χ2v) is 4.86. The van der Waals surface area contributed by atoms with Crippen molar-refractivity contribution in [1.29, 1.82) is 0 Å². The molecule has 0 amide bonds. The highest BCUT2D eigenvalue weighted by Crippen LogP contribution is 2.22. The molecule has 0 unspecified atom stereocenters. The molecular formula is C16H18N4. The standard InChI is InChI=1S/C16H18N4/c1-3-14-12(11-20(2)19-14)10-18-16-8-4-7-15-13(16)6-5-9-17-15/h4-9,11,18H,3,10H2,1-2H3. The van der Waals surface area contributed by atoms with Crippen molar-refractivity contribution < 1.29 is 0 Å². The maximum Gasteiger partial charge on any atom is 0.0722 e. The minimum Gasteiger partial charge on any atom is -0.380 e. The largest absolute Gasteiger partial charge is 0.380 e. The third-order valence-electron chi connectivity index (χ3n) is 3.44. The van der Waals surface area contributed by atoms with Gasteiger partial charge in [-0.15, -0.1) is 0 Å². The van der Waals surface area contributed by atoms with Gasteiger partial charge in [0.1, 0.15) is 0 Å². The van der Waals surface area contributed by atoms with Crippen molar-refractivity contribution >= 4 is 16.6 Å². The SMILES string of the molecule is CCc1nn(C)cc1CNc1cccc2ncccc12. The van der Waals surface area contributed by atoms with Crippen LogP contribution in [0.2, 0.25) is 0 Å². The molecule has 4 heteroatoms. The molecule has 0 atom stereocenters. The zero-order chi connectivity index (χ0) is 13.9. The van der Waals surface area contributed by atoms with E-state index in [2.05, 4.69) is 40.7 Å². The number of nitrogens with one attached hydrogen (secondary N) is 1. The van der Waals surface area contributed by atoms with Gasteiger partial charge < -0.3 is 5.32 Å². The van der Waals surface area contributed by atoms with Gasteiger partial charge in [0.05, 0.1) is 11.2 Å². The molecule has 3 aromatic rings. The first-order chi connectivity index (χ1) is 9.78. The number of pyridine rings is 1. The number of benzene rings is 1. The number of aromatic nitrogens is 3. The van der Waals surface area contributed by atoms with E-state index < -0.39 is 0 Å². The monoisotopic (exact) mass is 266 g/mol. The Labute approximate surface area is 118 Å². The van der Waals surface area contributed by atoms with E-state index in [1.807, 2.05) is 36.1 Å². The molecule has 0 radical (unpaired) electrons. The Kier molecular flexibility index (Phi) is 3.37. The Balaban J connectivity index is 1.86. The van der Waals surface area contributed by atoms with E-state index in [9.17, 15) is 0 Å². The van der Waals surface area contributed by atoms with Crippen molar-refractivity contribution in [2.75, 3.05) is 5.32 Å². The molecule has 0 spiro atoms. The number of fused-ring (bicyclic) bond motifs is 1. The molecular weight excluding hydrogens is 248 g/mol. The van der Waals surface area contributed by atoms with Gasteiger partial charge in [-0.3, -0.25) is 9.67 Å². The quantitative estimate of drug-likeness (QED) is 0.789. The fourth-order valence-corrected chi connectivity index (χ4v) is 2.48. The Morgan fingerprint density at radius 2 is 2.10 bits per heavy atom. The Morgan fingerprint density at radius 1 is 1.20 bits per heavy atom.